The lowest BCUT2D eigenvalue weighted by atomic mass is 10.2. The highest BCUT2D eigenvalue weighted by molar-refractivity contribution is 7.10. The maximum atomic E-state index is 12.9. The predicted molar refractivity (Wildman–Crippen MR) is 83.9 cm³/mol. The molecule has 2 atom stereocenters. The van der Waals surface area contributed by atoms with E-state index in [0.717, 1.165) is 16.1 Å². The first-order valence-electron chi connectivity index (χ1n) is 7.13. The Balaban J connectivity index is 1.63. The second-order valence-electron chi connectivity index (χ2n) is 5.44. The lowest BCUT2D eigenvalue weighted by Gasteiger charge is -2.01. The van der Waals surface area contributed by atoms with Crippen LogP contribution in [-0.4, -0.2) is 31.6 Å². The molecule has 23 heavy (non-hydrogen) atoms. The van der Waals surface area contributed by atoms with Crippen LogP contribution in [0.5, 0.6) is 0 Å². The largest absolute Gasteiger partial charge is 0.391 e. The fourth-order valence-electron chi connectivity index (χ4n) is 2.46. The Morgan fingerprint density at radius 1 is 1.48 bits per heavy atom. The average Bonchev–Trinajstić information content (AvgIpc) is 2.97. The lowest BCUT2D eigenvalue weighted by molar-refractivity contribution is -0.117. The van der Waals surface area contributed by atoms with Gasteiger partial charge in [0.25, 0.3) is 0 Å². The molecule has 1 fully saturated rings. The van der Waals surface area contributed by atoms with Gasteiger partial charge in [-0.15, -0.1) is 11.3 Å². The average molecular weight is 332 g/mol. The van der Waals surface area contributed by atoms with Gasteiger partial charge in [0.2, 0.25) is 5.91 Å². The van der Waals surface area contributed by atoms with Crippen molar-refractivity contribution in [1.29, 1.82) is 0 Å². The van der Waals surface area contributed by atoms with Gasteiger partial charge in [0.05, 0.1) is 34.8 Å². The van der Waals surface area contributed by atoms with Gasteiger partial charge < -0.3 is 14.8 Å². The maximum Gasteiger partial charge on any atom is 0.231 e. The molecular weight excluding hydrogens is 319 g/mol. The van der Waals surface area contributed by atoms with Gasteiger partial charge in [-0.25, -0.2) is 14.4 Å². The number of hydrogen-bond donors (Lipinski definition) is 2. The van der Waals surface area contributed by atoms with Crippen molar-refractivity contribution < 1.29 is 14.3 Å². The number of aliphatic hydroxyl groups excluding tert-OH is 1. The summed E-state index contributed by atoms with van der Waals surface area (Å²) >= 11 is 1.40. The SMILES string of the molecule is O=C(Nc1cn2cc(-c3ncsc3CO)ccc2n1)C1CC1F. The van der Waals surface area contributed by atoms with E-state index >= 15 is 0 Å². The summed E-state index contributed by atoms with van der Waals surface area (Å²) in [5.41, 5.74) is 3.94. The minimum Gasteiger partial charge on any atom is -0.391 e. The van der Waals surface area contributed by atoms with Crippen molar-refractivity contribution in [3.05, 3.63) is 34.9 Å². The number of halogens is 1. The molecule has 0 aliphatic heterocycles. The number of carbonyl (C=O) groups is 1. The van der Waals surface area contributed by atoms with Crippen molar-refractivity contribution in [2.24, 2.45) is 5.92 Å². The molecule has 6 nitrogen and oxygen atoms in total. The molecule has 1 amide bonds. The summed E-state index contributed by atoms with van der Waals surface area (Å²) in [5, 5.41) is 12.0. The van der Waals surface area contributed by atoms with E-state index < -0.39 is 12.1 Å². The van der Waals surface area contributed by atoms with Crippen LogP contribution < -0.4 is 5.32 Å². The number of fused-ring (bicyclic) bond motifs is 1. The molecule has 1 aliphatic rings. The normalized spacial score (nSPS) is 19.9. The molecule has 0 aromatic carbocycles. The third kappa shape index (κ3) is 2.60. The Morgan fingerprint density at radius 2 is 2.30 bits per heavy atom. The second kappa shape index (κ2) is 5.39. The third-order valence-electron chi connectivity index (χ3n) is 3.81. The van der Waals surface area contributed by atoms with Gasteiger partial charge in [0.1, 0.15) is 11.8 Å². The highest BCUT2D eigenvalue weighted by atomic mass is 32.1. The first-order chi connectivity index (χ1) is 11.2. The zero-order valence-corrected chi connectivity index (χ0v) is 12.8. The van der Waals surface area contributed by atoms with Crippen LogP contribution in [0.1, 0.15) is 11.3 Å². The Labute approximate surface area is 134 Å². The Morgan fingerprint density at radius 3 is 3.04 bits per heavy atom. The highest BCUT2D eigenvalue weighted by Crippen LogP contribution is 2.34. The summed E-state index contributed by atoms with van der Waals surface area (Å²) in [6.45, 7) is -0.0605. The Bertz CT molecular complexity index is 891. The van der Waals surface area contributed by atoms with Crippen molar-refractivity contribution in [2.75, 3.05) is 5.32 Å². The molecule has 3 aromatic rings. The fourth-order valence-corrected chi connectivity index (χ4v) is 3.11. The summed E-state index contributed by atoms with van der Waals surface area (Å²) in [4.78, 5) is 21.1. The smallest absolute Gasteiger partial charge is 0.231 e. The number of carbonyl (C=O) groups excluding carboxylic acids is 1. The van der Waals surface area contributed by atoms with Crippen LogP contribution in [-0.2, 0) is 11.4 Å². The predicted octanol–water partition coefficient (Wildman–Crippen LogP) is 2.25. The number of alkyl halides is 1. The third-order valence-corrected chi connectivity index (χ3v) is 4.63. The number of nitrogens with one attached hydrogen (secondary N) is 1. The number of hydrogen-bond acceptors (Lipinski definition) is 5. The quantitative estimate of drug-likeness (QED) is 0.768. The van der Waals surface area contributed by atoms with Crippen molar-refractivity contribution in [3.8, 4) is 11.3 Å². The van der Waals surface area contributed by atoms with Crippen molar-refractivity contribution in [3.63, 3.8) is 0 Å². The van der Waals surface area contributed by atoms with Crippen LogP contribution in [0.15, 0.2) is 30.0 Å². The Kier molecular flexibility index (Phi) is 3.35. The van der Waals surface area contributed by atoms with E-state index in [4.69, 9.17) is 0 Å². The van der Waals surface area contributed by atoms with Gasteiger partial charge in [0.15, 0.2) is 5.82 Å². The lowest BCUT2D eigenvalue weighted by Crippen LogP contribution is -2.15. The zero-order chi connectivity index (χ0) is 16.0. The molecule has 3 aromatic heterocycles. The number of imidazole rings is 1. The van der Waals surface area contributed by atoms with Gasteiger partial charge >= 0.3 is 0 Å². The van der Waals surface area contributed by atoms with E-state index in [1.165, 1.54) is 11.3 Å². The van der Waals surface area contributed by atoms with Gasteiger partial charge in [0, 0.05) is 11.8 Å². The molecule has 0 bridgehead atoms. The molecule has 0 spiro atoms. The van der Waals surface area contributed by atoms with E-state index in [2.05, 4.69) is 15.3 Å². The van der Waals surface area contributed by atoms with Crippen LogP contribution in [0.4, 0.5) is 10.2 Å². The molecule has 8 heteroatoms. The molecule has 4 rings (SSSR count). The van der Waals surface area contributed by atoms with Crippen molar-refractivity contribution >= 4 is 28.7 Å². The molecule has 2 unspecified atom stereocenters. The van der Waals surface area contributed by atoms with Gasteiger partial charge in [-0.05, 0) is 18.6 Å². The maximum absolute atomic E-state index is 12.9. The number of anilines is 1. The van der Waals surface area contributed by atoms with E-state index in [9.17, 15) is 14.3 Å². The van der Waals surface area contributed by atoms with Gasteiger partial charge in [-0.2, -0.15) is 0 Å². The van der Waals surface area contributed by atoms with Crippen molar-refractivity contribution in [1.82, 2.24) is 14.4 Å². The summed E-state index contributed by atoms with van der Waals surface area (Å²) in [6.07, 6.45) is 2.77. The molecule has 0 radical (unpaired) electrons. The second-order valence-corrected chi connectivity index (χ2v) is 6.38. The molecule has 118 valence electrons. The zero-order valence-electron chi connectivity index (χ0n) is 11.9. The number of rotatable bonds is 4. The van der Waals surface area contributed by atoms with Crippen LogP contribution >= 0.6 is 11.3 Å². The first-order valence-corrected chi connectivity index (χ1v) is 8.01. The molecule has 3 heterocycles. The molecule has 1 aliphatic carbocycles. The fraction of sp³-hybridized carbons (Fsp3) is 0.267. The highest BCUT2D eigenvalue weighted by Gasteiger charge is 2.43. The van der Waals surface area contributed by atoms with Crippen LogP contribution in [0, 0.1) is 5.92 Å². The minimum atomic E-state index is -1.03. The number of aliphatic hydroxyl groups is 1. The van der Waals surface area contributed by atoms with E-state index in [1.807, 2.05) is 12.3 Å². The van der Waals surface area contributed by atoms with Gasteiger partial charge in [-0.1, -0.05) is 0 Å². The molecular formula is C15H13FN4O2S. The summed E-state index contributed by atoms with van der Waals surface area (Å²) in [7, 11) is 0. The van der Waals surface area contributed by atoms with Crippen LogP contribution in [0.2, 0.25) is 0 Å². The number of aromatic nitrogens is 3. The van der Waals surface area contributed by atoms with E-state index in [0.29, 0.717) is 11.5 Å². The number of amides is 1. The first kappa shape index (κ1) is 14.3. The molecule has 2 N–H and O–H groups in total. The number of nitrogens with zero attached hydrogens (tertiary/aromatic N) is 3. The van der Waals surface area contributed by atoms with E-state index in [1.54, 1.807) is 22.2 Å². The molecule has 0 saturated heterocycles. The summed E-state index contributed by atoms with van der Waals surface area (Å²) in [6, 6.07) is 3.67. The number of thiazole rings is 1. The standard InChI is InChI=1S/C15H13FN4O2S/c16-10-3-9(10)15(22)19-12-5-20-4-8(1-2-13(20)18-12)14-11(6-21)23-7-17-14/h1-2,4-5,7,9-10,21H,3,6H2,(H,19,22). The summed E-state index contributed by atoms with van der Waals surface area (Å²) in [5.74, 6) is -0.479. The topological polar surface area (TPSA) is 79.5 Å². The minimum absolute atomic E-state index is 0.0605. The van der Waals surface area contributed by atoms with Crippen LogP contribution in [0.25, 0.3) is 16.9 Å². The summed E-state index contributed by atoms with van der Waals surface area (Å²) < 4.78 is 14.7. The van der Waals surface area contributed by atoms with E-state index in [-0.39, 0.29) is 18.9 Å². The monoisotopic (exact) mass is 332 g/mol. The number of pyridine rings is 1. The van der Waals surface area contributed by atoms with Crippen LogP contribution in [0.3, 0.4) is 0 Å². The Hall–Kier alpha value is -2.32. The van der Waals surface area contributed by atoms with Gasteiger partial charge in [-0.3, -0.25) is 4.79 Å². The molecule has 1 saturated carbocycles. The van der Waals surface area contributed by atoms with Crippen molar-refractivity contribution in [2.45, 2.75) is 19.2 Å².